The van der Waals surface area contributed by atoms with Crippen LogP contribution >= 0.6 is 0 Å². The zero-order valence-corrected chi connectivity index (χ0v) is 11.5. The Morgan fingerprint density at radius 1 is 1.14 bits per heavy atom. The highest BCUT2D eigenvalue weighted by atomic mass is 16.6. The fourth-order valence-electron chi connectivity index (χ4n) is 2.27. The van der Waals surface area contributed by atoms with E-state index in [0.717, 1.165) is 16.5 Å². The highest BCUT2D eigenvalue weighted by molar-refractivity contribution is 6.08. The highest BCUT2D eigenvalue weighted by Gasteiger charge is 2.09. The van der Waals surface area contributed by atoms with Crippen LogP contribution in [0.4, 0.5) is 5.69 Å². The van der Waals surface area contributed by atoms with Crippen LogP contribution in [0.3, 0.4) is 0 Å². The molecule has 0 spiro atoms. The maximum Gasteiger partial charge on any atom is 0.270 e. The molecule has 22 heavy (non-hydrogen) atoms. The van der Waals surface area contributed by atoms with Gasteiger partial charge in [0.05, 0.1) is 4.92 Å². The SMILES string of the molecule is O=C(C=Cc1c[nH]c2ccccc12)c1cccc([N+](=O)[O-])c1. The number of fused-ring (bicyclic) bond motifs is 1. The molecule has 0 unspecified atom stereocenters. The van der Waals surface area contributed by atoms with Crippen LogP contribution in [0.25, 0.3) is 17.0 Å². The van der Waals surface area contributed by atoms with Crippen molar-refractivity contribution in [2.75, 3.05) is 0 Å². The molecule has 0 radical (unpaired) electrons. The molecule has 0 aliphatic carbocycles. The Hall–Kier alpha value is -3.21. The standard InChI is InChI=1S/C17H12N2O3/c20-17(12-4-3-5-14(10-12)19(21)22)9-8-13-11-18-16-7-2-1-6-15(13)16/h1-11,18H. The lowest BCUT2D eigenvalue weighted by molar-refractivity contribution is -0.384. The number of benzene rings is 2. The molecule has 3 rings (SSSR count). The average molecular weight is 292 g/mol. The van der Waals surface area contributed by atoms with E-state index in [-0.39, 0.29) is 11.5 Å². The fraction of sp³-hybridized carbons (Fsp3) is 0. The van der Waals surface area contributed by atoms with Crippen molar-refractivity contribution in [3.63, 3.8) is 0 Å². The number of aromatic nitrogens is 1. The van der Waals surface area contributed by atoms with Crippen LogP contribution in [0.1, 0.15) is 15.9 Å². The van der Waals surface area contributed by atoms with Crippen molar-refractivity contribution >= 4 is 28.4 Å². The van der Waals surface area contributed by atoms with Crippen LogP contribution in [0.5, 0.6) is 0 Å². The highest BCUT2D eigenvalue weighted by Crippen LogP contribution is 2.19. The van der Waals surface area contributed by atoms with Crippen LogP contribution in [0.2, 0.25) is 0 Å². The molecule has 108 valence electrons. The lowest BCUT2D eigenvalue weighted by atomic mass is 10.1. The van der Waals surface area contributed by atoms with Gasteiger partial charge in [-0.1, -0.05) is 30.3 Å². The second-order valence-corrected chi connectivity index (χ2v) is 4.79. The van der Waals surface area contributed by atoms with Crippen molar-refractivity contribution in [1.82, 2.24) is 4.98 Å². The van der Waals surface area contributed by atoms with Crippen molar-refractivity contribution in [1.29, 1.82) is 0 Å². The third-order valence-corrected chi connectivity index (χ3v) is 3.38. The number of H-pyrrole nitrogens is 1. The van der Waals surface area contributed by atoms with Gasteiger partial charge in [-0.25, -0.2) is 0 Å². The first-order chi connectivity index (χ1) is 10.6. The Morgan fingerprint density at radius 2 is 1.95 bits per heavy atom. The van der Waals surface area contributed by atoms with Gasteiger partial charge in [0.1, 0.15) is 0 Å². The van der Waals surface area contributed by atoms with Crippen LogP contribution < -0.4 is 0 Å². The van der Waals surface area contributed by atoms with Crippen LogP contribution in [0, 0.1) is 10.1 Å². The molecule has 0 saturated heterocycles. The van der Waals surface area contributed by atoms with E-state index in [1.165, 1.54) is 24.3 Å². The van der Waals surface area contributed by atoms with E-state index in [2.05, 4.69) is 4.98 Å². The van der Waals surface area contributed by atoms with E-state index in [0.29, 0.717) is 5.56 Å². The number of aromatic amines is 1. The molecule has 0 bridgehead atoms. The summed E-state index contributed by atoms with van der Waals surface area (Å²) in [7, 11) is 0. The molecule has 2 aromatic carbocycles. The second kappa shape index (κ2) is 5.65. The van der Waals surface area contributed by atoms with E-state index in [1.807, 2.05) is 30.5 Å². The van der Waals surface area contributed by atoms with Crippen molar-refractivity contribution < 1.29 is 9.72 Å². The van der Waals surface area contributed by atoms with E-state index in [9.17, 15) is 14.9 Å². The van der Waals surface area contributed by atoms with E-state index >= 15 is 0 Å². The van der Waals surface area contributed by atoms with E-state index < -0.39 is 4.92 Å². The molecule has 3 aromatic rings. The molecule has 0 atom stereocenters. The Balaban J connectivity index is 1.87. The number of nitrogens with zero attached hydrogens (tertiary/aromatic N) is 1. The van der Waals surface area contributed by atoms with E-state index in [4.69, 9.17) is 0 Å². The lowest BCUT2D eigenvalue weighted by Gasteiger charge is -1.96. The molecular weight excluding hydrogens is 280 g/mol. The minimum absolute atomic E-state index is 0.0913. The number of hydrogen-bond donors (Lipinski definition) is 1. The molecule has 0 aliphatic rings. The van der Waals surface area contributed by atoms with E-state index in [1.54, 1.807) is 12.1 Å². The van der Waals surface area contributed by atoms with Crippen LogP contribution in [-0.2, 0) is 0 Å². The Bertz CT molecular complexity index is 894. The first-order valence-corrected chi connectivity index (χ1v) is 6.68. The van der Waals surface area contributed by atoms with Gasteiger partial charge >= 0.3 is 0 Å². The second-order valence-electron chi connectivity index (χ2n) is 4.79. The minimum Gasteiger partial charge on any atom is -0.361 e. The number of carbonyl (C=O) groups excluding carboxylic acids is 1. The molecule has 0 aliphatic heterocycles. The molecule has 1 aromatic heterocycles. The van der Waals surface area contributed by atoms with Crippen LogP contribution in [0.15, 0.2) is 60.8 Å². The topological polar surface area (TPSA) is 76.0 Å². The zero-order chi connectivity index (χ0) is 15.5. The van der Waals surface area contributed by atoms with Gasteiger partial charge in [-0.15, -0.1) is 0 Å². The van der Waals surface area contributed by atoms with Gasteiger partial charge in [-0.05, 0) is 23.8 Å². The van der Waals surface area contributed by atoms with Gasteiger partial charge in [0.2, 0.25) is 0 Å². The minimum atomic E-state index is -0.514. The zero-order valence-electron chi connectivity index (χ0n) is 11.5. The number of para-hydroxylation sites is 1. The molecule has 5 nitrogen and oxygen atoms in total. The van der Waals surface area contributed by atoms with Gasteiger partial charge < -0.3 is 4.98 Å². The van der Waals surface area contributed by atoms with Crippen molar-refractivity contribution in [3.05, 3.63) is 82.0 Å². The quantitative estimate of drug-likeness (QED) is 0.342. The number of ketones is 1. The Kier molecular flexibility index (Phi) is 3.53. The summed E-state index contributed by atoms with van der Waals surface area (Å²) in [5, 5.41) is 11.8. The van der Waals surface area contributed by atoms with Crippen molar-refractivity contribution in [3.8, 4) is 0 Å². The average Bonchev–Trinajstić information content (AvgIpc) is 2.96. The largest absolute Gasteiger partial charge is 0.361 e. The molecule has 5 heteroatoms. The molecular formula is C17H12N2O3. The summed E-state index contributed by atoms with van der Waals surface area (Å²) in [5.41, 5.74) is 2.09. The predicted octanol–water partition coefficient (Wildman–Crippen LogP) is 3.97. The molecule has 0 amide bonds. The summed E-state index contributed by atoms with van der Waals surface area (Å²) < 4.78 is 0. The first kappa shape index (κ1) is 13.8. The van der Waals surface area contributed by atoms with Crippen molar-refractivity contribution in [2.45, 2.75) is 0 Å². The molecule has 1 N–H and O–H groups in total. The number of rotatable bonds is 4. The smallest absolute Gasteiger partial charge is 0.270 e. The first-order valence-electron chi connectivity index (χ1n) is 6.68. The lowest BCUT2D eigenvalue weighted by Crippen LogP contribution is -1.96. The number of non-ortho nitro benzene ring substituents is 1. The normalized spacial score (nSPS) is 11.1. The maximum atomic E-state index is 12.1. The number of nitrogens with one attached hydrogen (secondary N) is 1. The monoisotopic (exact) mass is 292 g/mol. The molecule has 1 heterocycles. The van der Waals surface area contributed by atoms with Crippen LogP contribution in [-0.4, -0.2) is 15.7 Å². The van der Waals surface area contributed by atoms with Crippen molar-refractivity contribution in [2.24, 2.45) is 0 Å². The third-order valence-electron chi connectivity index (χ3n) is 3.38. The summed E-state index contributed by atoms with van der Waals surface area (Å²) in [6.07, 6.45) is 4.95. The predicted molar refractivity (Wildman–Crippen MR) is 84.8 cm³/mol. The maximum absolute atomic E-state index is 12.1. The Labute approximate surface area is 126 Å². The summed E-state index contributed by atoms with van der Waals surface area (Å²) in [5.74, 6) is -0.269. The van der Waals surface area contributed by atoms with Gasteiger partial charge in [0, 0.05) is 34.8 Å². The van der Waals surface area contributed by atoms with Gasteiger partial charge in [-0.2, -0.15) is 0 Å². The summed E-state index contributed by atoms with van der Waals surface area (Å²) >= 11 is 0. The van der Waals surface area contributed by atoms with Gasteiger partial charge in [0.25, 0.3) is 5.69 Å². The molecule has 0 saturated carbocycles. The van der Waals surface area contributed by atoms with Gasteiger partial charge in [0.15, 0.2) is 5.78 Å². The van der Waals surface area contributed by atoms with Gasteiger partial charge in [-0.3, -0.25) is 14.9 Å². The summed E-state index contributed by atoms with van der Waals surface area (Å²) in [4.78, 5) is 25.5. The fourth-order valence-corrected chi connectivity index (χ4v) is 2.27. The molecule has 0 fully saturated rings. The summed E-state index contributed by atoms with van der Waals surface area (Å²) in [6.45, 7) is 0. The number of nitro groups is 1. The summed E-state index contributed by atoms with van der Waals surface area (Å²) in [6, 6.07) is 13.5. The third kappa shape index (κ3) is 2.64. The number of allylic oxidation sites excluding steroid dienone is 1. The number of nitro benzene ring substituents is 1. The number of hydrogen-bond acceptors (Lipinski definition) is 3. The Morgan fingerprint density at radius 3 is 2.77 bits per heavy atom. The number of carbonyl (C=O) groups is 1.